The van der Waals surface area contributed by atoms with E-state index in [0.717, 1.165) is 42.8 Å². The van der Waals surface area contributed by atoms with Gasteiger partial charge in [0.05, 0.1) is 11.7 Å². The molecule has 1 aromatic heterocycles. The third-order valence-corrected chi connectivity index (χ3v) is 4.88. The Labute approximate surface area is 152 Å². The Morgan fingerprint density at radius 3 is 2.77 bits per heavy atom. The lowest BCUT2D eigenvalue weighted by atomic mass is 9.99. The first-order chi connectivity index (χ1) is 12.7. The molecule has 1 unspecified atom stereocenters. The summed E-state index contributed by atoms with van der Waals surface area (Å²) in [6.07, 6.45) is 3.82. The second kappa shape index (κ2) is 7.22. The van der Waals surface area contributed by atoms with Crippen molar-refractivity contribution in [3.05, 3.63) is 77.9 Å². The van der Waals surface area contributed by atoms with Crippen molar-refractivity contribution in [1.29, 1.82) is 0 Å². The molecular formula is C21H21FN4. The number of anilines is 1. The maximum atomic E-state index is 13.7. The molecule has 1 saturated heterocycles. The van der Waals surface area contributed by atoms with Crippen molar-refractivity contribution in [2.75, 3.05) is 12.3 Å². The van der Waals surface area contributed by atoms with Crippen LogP contribution in [-0.4, -0.2) is 21.4 Å². The number of aromatic nitrogens is 2. The molecule has 132 valence electrons. The van der Waals surface area contributed by atoms with Crippen LogP contribution in [0.1, 0.15) is 30.1 Å². The zero-order chi connectivity index (χ0) is 17.9. The van der Waals surface area contributed by atoms with E-state index >= 15 is 0 Å². The first-order valence-electron chi connectivity index (χ1n) is 8.87. The van der Waals surface area contributed by atoms with E-state index in [1.807, 2.05) is 12.1 Å². The maximum Gasteiger partial charge on any atom is 0.220 e. The van der Waals surface area contributed by atoms with Crippen molar-refractivity contribution in [2.45, 2.75) is 25.4 Å². The normalized spacial score (nSPS) is 17.5. The van der Waals surface area contributed by atoms with Crippen LogP contribution in [0, 0.1) is 5.82 Å². The van der Waals surface area contributed by atoms with Gasteiger partial charge in [-0.15, -0.1) is 0 Å². The van der Waals surface area contributed by atoms with Gasteiger partial charge in [0.2, 0.25) is 5.95 Å². The molecule has 2 heterocycles. The molecule has 0 radical (unpaired) electrons. The first kappa shape index (κ1) is 16.7. The molecule has 0 bridgehead atoms. The summed E-state index contributed by atoms with van der Waals surface area (Å²) in [5, 5.41) is 0. The Balaban J connectivity index is 1.71. The average Bonchev–Trinajstić information content (AvgIpc) is 3.10. The third-order valence-electron chi connectivity index (χ3n) is 4.88. The summed E-state index contributed by atoms with van der Waals surface area (Å²) in [6.45, 7) is 1.87. The van der Waals surface area contributed by atoms with Crippen molar-refractivity contribution >= 4 is 5.95 Å². The molecule has 1 aliphatic heterocycles. The first-order valence-corrected chi connectivity index (χ1v) is 8.87. The smallest absolute Gasteiger partial charge is 0.220 e. The number of likely N-dealkylation sites (tertiary alicyclic amines) is 1. The van der Waals surface area contributed by atoms with Gasteiger partial charge in [-0.25, -0.2) is 14.4 Å². The molecular weight excluding hydrogens is 327 g/mol. The van der Waals surface area contributed by atoms with Gasteiger partial charge in [-0.2, -0.15) is 0 Å². The second-order valence-corrected chi connectivity index (χ2v) is 6.65. The fourth-order valence-electron chi connectivity index (χ4n) is 3.68. The molecule has 0 amide bonds. The van der Waals surface area contributed by atoms with Crippen molar-refractivity contribution in [3.8, 4) is 11.1 Å². The lowest BCUT2D eigenvalue weighted by molar-refractivity contribution is 0.245. The topological polar surface area (TPSA) is 55.0 Å². The lowest BCUT2D eigenvalue weighted by Crippen LogP contribution is -2.24. The molecule has 4 rings (SSSR count). The number of benzene rings is 2. The second-order valence-electron chi connectivity index (χ2n) is 6.65. The van der Waals surface area contributed by atoms with E-state index < -0.39 is 0 Å². The predicted octanol–water partition coefficient (Wildman–Crippen LogP) is 4.20. The minimum atomic E-state index is -0.266. The molecule has 1 aliphatic rings. The Hall–Kier alpha value is -2.79. The van der Waals surface area contributed by atoms with Crippen LogP contribution in [0.25, 0.3) is 11.1 Å². The van der Waals surface area contributed by atoms with E-state index in [1.165, 1.54) is 17.7 Å². The molecule has 1 fully saturated rings. The monoisotopic (exact) mass is 348 g/mol. The Bertz CT molecular complexity index is 898. The average molecular weight is 348 g/mol. The number of hydrogen-bond donors (Lipinski definition) is 1. The molecule has 0 aliphatic carbocycles. The van der Waals surface area contributed by atoms with Gasteiger partial charge in [0.25, 0.3) is 0 Å². The van der Waals surface area contributed by atoms with Crippen LogP contribution in [0.15, 0.2) is 60.8 Å². The number of nitrogen functional groups attached to an aromatic ring is 1. The molecule has 26 heavy (non-hydrogen) atoms. The van der Waals surface area contributed by atoms with Gasteiger partial charge < -0.3 is 5.73 Å². The SMILES string of the molecule is Nc1ncc(-c2cccc(F)c2)c(C2CCCN2Cc2ccccc2)n1. The maximum absolute atomic E-state index is 13.7. The van der Waals surface area contributed by atoms with Gasteiger partial charge in [-0.05, 0) is 42.6 Å². The van der Waals surface area contributed by atoms with Crippen molar-refractivity contribution < 1.29 is 4.39 Å². The van der Waals surface area contributed by atoms with Crippen molar-refractivity contribution in [3.63, 3.8) is 0 Å². The molecule has 4 nitrogen and oxygen atoms in total. The van der Waals surface area contributed by atoms with Gasteiger partial charge in [-0.1, -0.05) is 42.5 Å². The third kappa shape index (κ3) is 3.44. The molecule has 0 saturated carbocycles. The van der Waals surface area contributed by atoms with Crippen LogP contribution in [0.5, 0.6) is 0 Å². The number of nitrogens with zero attached hydrogens (tertiary/aromatic N) is 3. The molecule has 0 spiro atoms. The number of halogens is 1. The van der Waals surface area contributed by atoms with E-state index in [9.17, 15) is 4.39 Å². The van der Waals surface area contributed by atoms with Crippen LogP contribution >= 0.6 is 0 Å². The Morgan fingerprint density at radius 2 is 1.96 bits per heavy atom. The highest BCUT2D eigenvalue weighted by Gasteiger charge is 2.29. The van der Waals surface area contributed by atoms with E-state index in [2.05, 4.69) is 39.1 Å². The van der Waals surface area contributed by atoms with Crippen molar-refractivity contribution in [1.82, 2.24) is 14.9 Å². The lowest BCUT2D eigenvalue weighted by Gasteiger charge is -2.26. The van der Waals surface area contributed by atoms with Crippen molar-refractivity contribution in [2.24, 2.45) is 0 Å². The Kier molecular flexibility index (Phi) is 4.63. The van der Waals surface area contributed by atoms with Gasteiger partial charge in [0.1, 0.15) is 5.82 Å². The summed E-state index contributed by atoms with van der Waals surface area (Å²) >= 11 is 0. The van der Waals surface area contributed by atoms with Crippen LogP contribution in [-0.2, 0) is 6.54 Å². The summed E-state index contributed by atoms with van der Waals surface area (Å²) in [5.41, 5.74) is 9.68. The zero-order valence-corrected chi connectivity index (χ0v) is 14.5. The summed E-state index contributed by atoms with van der Waals surface area (Å²) in [6, 6.07) is 17.1. The summed E-state index contributed by atoms with van der Waals surface area (Å²) < 4.78 is 13.7. The minimum absolute atomic E-state index is 0.152. The molecule has 2 aromatic carbocycles. The molecule has 3 aromatic rings. The number of nitrogens with two attached hydrogens (primary N) is 1. The van der Waals surface area contributed by atoms with Crippen LogP contribution < -0.4 is 5.73 Å². The fraction of sp³-hybridized carbons (Fsp3) is 0.238. The summed E-state index contributed by atoms with van der Waals surface area (Å²) in [5.74, 6) is -0.00967. The number of hydrogen-bond acceptors (Lipinski definition) is 4. The van der Waals surface area contributed by atoms with Gasteiger partial charge in [-0.3, -0.25) is 4.90 Å². The standard InChI is InChI=1S/C21H21FN4/c22-17-9-4-8-16(12-17)18-13-24-21(23)25-20(18)19-10-5-11-26(19)14-15-6-2-1-3-7-15/h1-4,6-9,12-13,19H,5,10-11,14H2,(H2,23,24,25). The van der Waals surface area contributed by atoms with Crippen LogP contribution in [0.2, 0.25) is 0 Å². The quantitative estimate of drug-likeness (QED) is 0.768. The predicted molar refractivity (Wildman–Crippen MR) is 101 cm³/mol. The zero-order valence-electron chi connectivity index (χ0n) is 14.5. The summed E-state index contributed by atoms with van der Waals surface area (Å²) in [7, 11) is 0. The minimum Gasteiger partial charge on any atom is -0.368 e. The van der Waals surface area contributed by atoms with E-state index in [0.29, 0.717) is 0 Å². The highest BCUT2D eigenvalue weighted by molar-refractivity contribution is 5.66. The Morgan fingerprint density at radius 1 is 1.12 bits per heavy atom. The fourth-order valence-corrected chi connectivity index (χ4v) is 3.68. The van der Waals surface area contributed by atoms with Gasteiger partial charge in [0.15, 0.2) is 0 Å². The molecule has 1 atom stereocenters. The largest absolute Gasteiger partial charge is 0.368 e. The van der Waals surface area contributed by atoms with E-state index in [1.54, 1.807) is 12.3 Å². The highest BCUT2D eigenvalue weighted by Crippen LogP contribution is 2.37. The molecule has 2 N–H and O–H groups in total. The van der Waals surface area contributed by atoms with Gasteiger partial charge >= 0.3 is 0 Å². The van der Waals surface area contributed by atoms with Crippen LogP contribution in [0.4, 0.5) is 10.3 Å². The van der Waals surface area contributed by atoms with Crippen LogP contribution in [0.3, 0.4) is 0 Å². The summed E-state index contributed by atoms with van der Waals surface area (Å²) in [4.78, 5) is 11.1. The number of rotatable bonds is 4. The van der Waals surface area contributed by atoms with Gasteiger partial charge in [0, 0.05) is 18.3 Å². The molecule has 5 heteroatoms. The van der Waals surface area contributed by atoms with E-state index in [-0.39, 0.29) is 17.8 Å². The van der Waals surface area contributed by atoms with E-state index in [4.69, 9.17) is 5.73 Å². The highest BCUT2D eigenvalue weighted by atomic mass is 19.1.